The van der Waals surface area contributed by atoms with Crippen LogP contribution in [0.4, 0.5) is 5.69 Å². The second kappa shape index (κ2) is 4.84. The largest absolute Gasteiger partial charge is 0.349 e. The topological polar surface area (TPSA) is 132 Å². The fourth-order valence-electron chi connectivity index (χ4n) is 1.76. The van der Waals surface area contributed by atoms with E-state index in [9.17, 15) is 23.3 Å². The van der Waals surface area contributed by atoms with Gasteiger partial charge in [-0.2, -0.15) is 0 Å². The molecule has 0 bridgehead atoms. The van der Waals surface area contributed by atoms with E-state index in [1.54, 1.807) is 0 Å². The number of hydrogen-bond donors (Lipinski definition) is 2. The predicted octanol–water partition coefficient (Wildman–Crippen LogP) is 0.380. The molecule has 1 amide bonds. The Balaban J connectivity index is 2.39. The molecule has 2 rings (SSSR count). The number of amides is 1. The van der Waals surface area contributed by atoms with Crippen molar-refractivity contribution in [2.45, 2.75) is 24.3 Å². The van der Waals surface area contributed by atoms with Gasteiger partial charge in [-0.15, -0.1) is 0 Å². The third-order valence-electron chi connectivity index (χ3n) is 3.12. The van der Waals surface area contributed by atoms with Gasteiger partial charge in [-0.3, -0.25) is 14.9 Å². The molecular formula is C11H13N3O5S. The highest BCUT2D eigenvalue weighted by atomic mass is 32.2. The van der Waals surface area contributed by atoms with Crippen LogP contribution in [0.25, 0.3) is 0 Å². The number of nitrogens with two attached hydrogens (primary N) is 1. The van der Waals surface area contributed by atoms with Gasteiger partial charge >= 0.3 is 0 Å². The molecule has 1 aliphatic rings. The molecular weight excluding hydrogens is 286 g/mol. The van der Waals surface area contributed by atoms with Crippen LogP contribution in [0.2, 0.25) is 0 Å². The van der Waals surface area contributed by atoms with E-state index in [0.29, 0.717) is 5.92 Å². The molecule has 8 nitrogen and oxygen atoms in total. The highest BCUT2D eigenvalue weighted by Gasteiger charge is 2.34. The highest BCUT2D eigenvalue weighted by molar-refractivity contribution is 7.89. The molecule has 1 aromatic rings. The van der Waals surface area contributed by atoms with Gasteiger partial charge in [0.1, 0.15) is 0 Å². The molecule has 20 heavy (non-hydrogen) atoms. The number of non-ortho nitro benzene ring substituents is 1. The first-order valence-corrected chi connectivity index (χ1v) is 7.36. The second-order valence-corrected chi connectivity index (χ2v) is 6.37. The monoisotopic (exact) mass is 299 g/mol. The van der Waals surface area contributed by atoms with Crippen LogP contribution in [-0.2, 0) is 10.0 Å². The van der Waals surface area contributed by atoms with E-state index in [2.05, 4.69) is 5.32 Å². The molecule has 3 N–H and O–H groups in total. The van der Waals surface area contributed by atoms with E-state index < -0.39 is 31.4 Å². The van der Waals surface area contributed by atoms with Gasteiger partial charge in [0, 0.05) is 23.7 Å². The minimum Gasteiger partial charge on any atom is -0.349 e. The zero-order valence-corrected chi connectivity index (χ0v) is 11.4. The van der Waals surface area contributed by atoms with Crippen LogP contribution in [-0.4, -0.2) is 25.3 Å². The molecule has 0 aromatic heterocycles. The van der Waals surface area contributed by atoms with Gasteiger partial charge < -0.3 is 5.32 Å². The van der Waals surface area contributed by atoms with Gasteiger partial charge in [0.2, 0.25) is 10.0 Å². The van der Waals surface area contributed by atoms with Crippen molar-refractivity contribution in [3.8, 4) is 0 Å². The number of rotatable bonds is 4. The van der Waals surface area contributed by atoms with Crippen LogP contribution in [0.3, 0.4) is 0 Å². The molecule has 2 unspecified atom stereocenters. The summed E-state index contributed by atoms with van der Waals surface area (Å²) in [6.07, 6.45) is 0.836. The Labute approximate surface area is 115 Å². The van der Waals surface area contributed by atoms with Crippen LogP contribution >= 0.6 is 0 Å². The standard InChI is InChI=1S/C11H13N3O5S/c1-6-2-10(6)13-11(15)7-3-8(14(16)17)5-9(4-7)20(12,18)19/h3-6,10H,2H2,1H3,(H,13,15)(H2,12,18,19). The molecule has 2 atom stereocenters. The highest BCUT2D eigenvalue weighted by Crippen LogP contribution is 2.29. The first-order chi connectivity index (χ1) is 9.18. The molecule has 108 valence electrons. The van der Waals surface area contributed by atoms with Crippen LogP contribution in [0.5, 0.6) is 0 Å². The molecule has 9 heteroatoms. The van der Waals surface area contributed by atoms with E-state index in [1.165, 1.54) is 0 Å². The fraction of sp³-hybridized carbons (Fsp3) is 0.364. The number of hydrogen-bond acceptors (Lipinski definition) is 5. The summed E-state index contributed by atoms with van der Waals surface area (Å²) in [4.78, 5) is 21.5. The van der Waals surface area contributed by atoms with Crippen molar-refractivity contribution in [2.24, 2.45) is 11.1 Å². The number of benzene rings is 1. The van der Waals surface area contributed by atoms with Gasteiger partial charge in [-0.05, 0) is 18.4 Å². The Kier molecular flexibility index (Phi) is 3.48. The average molecular weight is 299 g/mol. The van der Waals surface area contributed by atoms with E-state index in [4.69, 9.17) is 5.14 Å². The van der Waals surface area contributed by atoms with Crippen LogP contribution in [0.1, 0.15) is 23.7 Å². The maximum atomic E-state index is 11.9. The van der Waals surface area contributed by atoms with Crippen LogP contribution < -0.4 is 10.5 Å². The summed E-state index contributed by atoms with van der Waals surface area (Å²) in [6.45, 7) is 1.95. The Hall–Kier alpha value is -2.00. The molecule has 1 aromatic carbocycles. The summed E-state index contributed by atoms with van der Waals surface area (Å²) in [6, 6.07) is 2.91. The molecule has 1 fully saturated rings. The van der Waals surface area contributed by atoms with Crippen molar-refractivity contribution in [1.29, 1.82) is 0 Å². The number of nitrogens with zero attached hydrogens (tertiary/aromatic N) is 1. The number of sulfonamides is 1. The first-order valence-electron chi connectivity index (χ1n) is 5.81. The minimum absolute atomic E-state index is 0.0275. The lowest BCUT2D eigenvalue weighted by molar-refractivity contribution is -0.385. The van der Waals surface area contributed by atoms with E-state index in [1.807, 2.05) is 6.92 Å². The van der Waals surface area contributed by atoms with Crippen molar-refractivity contribution in [1.82, 2.24) is 5.32 Å². The number of primary sulfonamides is 1. The zero-order chi connectivity index (χ0) is 15.1. The summed E-state index contributed by atoms with van der Waals surface area (Å²) >= 11 is 0. The molecule has 0 aliphatic heterocycles. The van der Waals surface area contributed by atoms with Gasteiger partial charge in [-0.1, -0.05) is 6.92 Å². The van der Waals surface area contributed by atoms with Crippen LogP contribution in [0, 0.1) is 16.0 Å². The first kappa shape index (κ1) is 14.4. The molecule has 0 radical (unpaired) electrons. The average Bonchev–Trinajstić information content (AvgIpc) is 3.03. The van der Waals surface area contributed by atoms with Crippen molar-refractivity contribution in [3.63, 3.8) is 0 Å². The van der Waals surface area contributed by atoms with Crippen molar-refractivity contribution >= 4 is 21.6 Å². The van der Waals surface area contributed by atoms with Gasteiger partial charge in [0.25, 0.3) is 11.6 Å². The van der Waals surface area contributed by atoms with Crippen molar-refractivity contribution < 1.29 is 18.1 Å². The quantitative estimate of drug-likeness (QED) is 0.612. The Morgan fingerprint density at radius 1 is 1.45 bits per heavy atom. The molecule has 1 saturated carbocycles. The second-order valence-electron chi connectivity index (χ2n) is 4.81. The van der Waals surface area contributed by atoms with Crippen LogP contribution in [0.15, 0.2) is 23.1 Å². The fourth-order valence-corrected chi connectivity index (χ4v) is 2.34. The molecule has 1 aliphatic carbocycles. The predicted molar refractivity (Wildman–Crippen MR) is 69.5 cm³/mol. The SMILES string of the molecule is CC1CC1NC(=O)c1cc([N+](=O)[O-])cc(S(N)(=O)=O)c1. The Morgan fingerprint density at radius 2 is 2.05 bits per heavy atom. The number of carbonyl (C=O) groups excluding carboxylic acids is 1. The maximum absolute atomic E-state index is 11.9. The lowest BCUT2D eigenvalue weighted by atomic mass is 10.2. The van der Waals surface area contributed by atoms with Crippen molar-refractivity contribution in [3.05, 3.63) is 33.9 Å². The Bertz CT molecular complexity index is 685. The van der Waals surface area contributed by atoms with Gasteiger partial charge in [0.15, 0.2) is 0 Å². The van der Waals surface area contributed by atoms with E-state index in [-0.39, 0.29) is 11.6 Å². The maximum Gasteiger partial charge on any atom is 0.271 e. The third kappa shape index (κ3) is 3.11. The molecule has 0 saturated heterocycles. The minimum atomic E-state index is -4.12. The Morgan fingerprint density at radius 3 is 2.50 bits per heavy atom. The smallest absolute Gasteiger partial charge is 0.271 e. The number of carbonyl (C=O) groups is 1. The summed E-state index contributed by atoms with van der Waals surface area (Å²) in [7, 11) is -4.12. The van der Waals surface area contributed by atoms with E-state index >= 15 is 0 Å². The lowest BCUT2D eigenvalue weighted by Gasteiger charge is -2.06. The lowest BCUT2D eigenvalue weighted by Crippen LogP contribution is -2.27. The third-order valence-corrected chi connectivity index (χ3v) is 4.01. The molecule has 0 heterocycles. The summed E-state index contributed by atoms with van der Waals surface area (Å²) in [5.41, 5.74) is -0.590. The summed E-state index contributed by atoms with van der Waals surface area (Å²) < 4.78 is 22.6. The number of nitro groups is 1. The van der Waals surface area contributed by atoms with Gasteiger partial charge in [-0.25, -0.2) is 13.6 Å². The van der Waals surface area contributed by atoms with Crippen molar-refractivity contribution in [2.75, 3.05) is 0 Å². The number of nitrogens with one attached hydrogen (secondary N) is 1. The summed E-state index contributed by atoms with van der Waals surface area (Å²) in [5, 5.41) is 18.4. The zero-order valence-electron chi connectivity index (χ0n) is 10.6. The van der Waals surface area contributed by atoms with E-state index in [0.717, 1.165) is 24.6 Å². The normalized spacial score (nSPS) is 21.3. The van der Waals surface area contributed by atoms with Gasteiger partial charge in [0.05, 0.1) is 9.82 Å². The molecule has 0 spiro atoms. The number of nitro benzene ring substituents is 1. The summed E-state index contributed by atoms with van der Waals surface area (Å²) in [5.74, 6) is -0.191.